The number of hydrogen-bond donors (Lipinski definition) is 1. The molecule has 0 fully saturated rings. The molecule has 0 saturated heterocycles. The van der Waals surface area contributed by atoms with Crippen LogP contribution in [0.2, 0.25) is 0 Å². The van der Waals surface area contributed by atoms with Gasteiger partial charge in [0.25, 0.3) is 5.91 Å². The summed E-state index contributed by atoms with van der Waals surface area (Å²) >= 11 is 0. The zero-order chi connectivity index (χ0) is 11.4. The first-order valence-corrected chi connectivity index (χ1v) is 5.00. The van der Waals surface area contributed by atoms with E-state index in [2.05, 4.69) is 5.32 Å². The van der Waals surface area contributed by atoms with Crippen molar-refractivity contribution in [1.82, 2.24) is 5.32 Å². The third-order valence-electron chi connectivity index (χ3n) is 2.25. The van der Waals surface area contributed by atoms with Crippen LogP contribution in [0.25, 0.3) is 0 Å². The molecule has 0 aliphatic rings. The van der Waals surface area contributed by atoms with Gasteiger partial charge in [0.1, 0.15) is 5.75 Å². The Kier molecular flexibility index (Phi) is 3.72. The molecule has 3 nitrogen and oxygen atoms in total. The summed E-state index contributed by atoms with van der Waals surface area (Å²) in [5.41, 5.74) is 2.23. The number of benzene rings is 1. The SMILES string of the molecule is CNC(=O)[C@H](C)Oc1ccc(C)cc1C. The molecule has 1 aromatic rings. The number of amides is 1. The number of likely N-dealkylation sites (N-methyl/N-ethyl adjacent to an activating group) is 1. The monoisotopic (exact) mass is 207 g/mol. The van der Waals surface area contributed by atoms with Crippen LogP contribution in [-0.2, 0) is 4.79 Å². The number of aryl methyl sites for hydroxylation is 2. The average molecular weight is 207 g/mol. The van der Waals surface area contributed by atoms with Crippen LogP contribution in [-0.4, -0.2) is 19.1 Å². The second-order valence-electron chi connectivity index (χ2n) is 3.64. The fourth-order valence-electron chi connectivity index (χ4n) is 1.38. The largest absolute Gasteiger partial charge is 0.481 e. The van der Waals surface area contributed by atoms with Gasteiger partial charge in [-0.25, -0.2) is 0 Å². The van der Waals surface area contributed by atoms with Gasteiger partial charge in [-0.1, -0.05) is 17.7 Å². The molecule has 82 valence electrons. The minimum absolute atomic E-state index is 0.116. The van der Waals surface area contributed by atoms with Gasteiger partial charge < -0.3 is 10.1 Å². The first-order chi connectivity index (χ1) is 7.04. The minimum atomic E-state index is -0.462. The smallest absolute Gasteiger partial charge is 0.260 e. The molecule has 1 atom stereocenters. The molecule has 0 heterocycles. The maximum atomic E-state index is 11.3. The van der Waals surface area contributed by atoms with Gasteiger partial charge in [-0.15, -0.1) is 0 Å². The zero-order valence-corrected chi connectivity index (χ0v) is 9.63. The number of rotatable bonds is 3. The van der Waals surface area contributed by atoms with Gasteiger partial charge in [-0.05, 0) is 32.4 Å². The Bertz CT molecular complexity index is 361. The molecule has 0 bridgehead atoms. The molecule has 1 aromatic carbocycles. The molecule has 0 aliphatic heterocycles. The molecule has 0 saturated carbocycles. The summed E-state index contributed by atoms with van der Waals surface area (Å²) < 4.78 is 5.54. The second-order valence-corrected chi connectivity index (χ2v) is 3.64. The van der Waals surface area contributed by atoms with Crippen molar-refractivity contribution in [2.45, 2.75) is 26.9 Å². The van der Waals surface area contributed by atoms with Crippen LogP contribution in [0.3, 0.4) is 0 Å². The lowest BCUT2D eigenvalue weighted by atomic mass is 10.1. The predicted molar refractivity (Wildman–Crippen MR) is 60.1 cm³/mol. The van der Waals surface area contributed by atoms with E-state index in [1.807, 2.05) is 32.0 Å². The second kappa shape index (κ2) is 4.82. The fraction of sp³-hybridized carbons (Fsp3) is 0.417. The zero-order valence-electron chi connectivity index (χ0n) is 9.63. The third-order valence-corrected chi connectivity index (χ3v) is 2.25. The van der Waals surface area contributed by atoms with Crippen molar-refractivity contribution in [2.24, 2.45) is 0 Å². The molecule has 0 unspecified atom stereocenters. The molecule has 15 heavy (non-hydrogen) atoms. The highest BCUT2D eigenvalue weighted by molar-refractivity contribution is 5.80. The van der Waals surface area contributed by atoms with Crippen molar-refractivity contribution < 1.29 is 9.53 Å². The molecule has 0 radical (unpaired) electrons. The standard InChI is InChI=1S/C12H17NO2/c1-8-5-6-11(9(2)7-8)15-10(3)12(14)13-4/h5-7,10H,1-4H3,(H,13,14)/t10-/m0/s1. The number of hydrogen-bond acceptors (Lipinski definition) is 2. The summed E-state index contributed by atoms with van der Waals surface area (Å²) in [6.45, 7) is 5.73. The van der Waals surface area contributed by atoms with Gasteiger partial charge in [0.15, 0.2) is 6.10 Å². The van der Waals surface area contributed by atoms with Gasteiger partial charge in [0.05, 0.1) is 0 Å². The van der Waals surface area contributed by atoms with E-state index in [1.165, 1.54) is 5.56 Å². The molecule has 0 spiro atoms. The summed E-state index contributed by atoms with van der Waals surface area (Å²) in [6.07, 6.45) is -0.462. The van der Waals surface area contributed by atoms with E-state index in [0.29, 0.717) is 0 Å². The van der Waals surface area contributed by atoms with E-state index in [1.54, 1.807) is 14.0 Å². The molecule has 0 aliphatic carbocycles. The highest BCUT2D eigenvalue weighted by atomic mass is 16.5. The lowest BCUT2D eigenvalue weighted by molar-refractivity contribution is -0.126. The van der Waals surface area contributed by atoms with E-state index in [-0.39, 0.29) is 5.91 Å². The fourth-order valence-corrected chi connectivity index (χ4v) is 1.38. The minimum Gasteiger partial charge on any atom is -0.481 e. The number of nitrogens with one attached hydrogen (secondary N) is 1. The van der Waals surface area contributed by atoms with E-state index >= 15 is 0 Å². The van der Waals surface area contributed by atoms with Gasteiger partial charge in [0.2, 0.25) is 0 Å². The first-order valence-electron chi connectivity index (χ1n) is 5.00. The quantitative estimate of drug-likeness (QED) is 0.821. The average Bonchev–Trinajstić information content (AvgIpc) is 2.20. The maximum Gasteiger partial charge on any atom is 0.260 e. The van der Waals surface area contributed by atoms with Crippen molar-refractivity contribution in [3.8, 4) is 5.75 Å². The Morgan fingerprint density at radius 2 is 2.07 bits per heavy atom. The number of carbonyl (C=O) groups excluding carboxylic acids is 1. The van der Waals surface area contributed by atoms with Crippen LogP contribution >= 0.6 is 0 Å². The van der Waals surface area contributed by atoms with Crippen LogP contribution in [0.15, 0.2) is 18.2 Å². The normalized spacial score (nSPS) is 12.0. The Morgan fingerprint density at radius 3 is 2.60 bits per heavy atom. The van der Waals surface area contributed by atoms with Crippen LogP contribution in [0, 0.1) is 13.8 Å². The third kappa shape index (κ3) is 2.98. The predicted octanol–water partition coefficient (Wildman–Crippen LogP) is 1.82. The molecular formula is C12H17NO2. The van der Waals surface area contributed by atoms with Gasteiger partial charge >= 0.3 is 0 Å². The summed E-state index contributed by atoms with van der Waals surface area (Å²) in [6, 6.07) is 5.90. The molecular weight excluding hydrogens is 190 g/mol. The lowest BCUT2D eigenvalue weighted by Crippen LogP contribution is -2.33. The lowest BCUT2D eigenvalue weighted by Gasteiger charge is -2.15. The van der Waals surface area contributed by atoms with Crippen molar-refractivity contribution in [2.75, 3.05) is 7.05 Å². The molecule has 1 amide bonds. The highest BCUT2D eigenvalue weighted by Gasteiger charge is 2.13. The number of ether oxygens (including phenoxy) is 1. The Morgan fingerprint density at radius 1 is 1.40 bits per heavy atom. The summed E-state index contributed by atoms with van der Waals surface area (Å²) in [4.78, 5) is 11.3. The topological polar surface area (TPSA) is 38.3 Å². The van der Waals surface area contributed by atoms with E-state index < -0.39 is 6.10 Å². The Balaban J connectivity index is 2.76. The molecule has 0 aromatic heterocycles. The first kappa shape index (κ1) is 11.6. The molecule has 3 heteroatoms. The summed E-state index contributed by atoms with van der Waals surface area (Å²) in [7, 11) is 1.60. The van der Waals surface area contributed by atoms with Gasteiger partial charge in [0, 0.05) is 7.05 Å². The van der Waals surface area contributed by atoms with Crippen LogP contribution in [0.1, 0.15) is 18.1 Å². The highest BCUT2D eigenvalue weighted by Crippen LogP contribution is 2.19. The molecule has 1 rings (SSSR count). The Labute approximate surface area is 90.4 Å². The van der Waals surface area contributed by atoms with Crippen molar-refractivity contribution in [1.29, 1.82) is 0 Å². The van der Waals surface area contributed by atoms with E-state index in [0.717, 1.165) is 11.3 Å². The van der Waals surface area contributed by atoms with Gasteiger partial charge in [-0.2, -0.15) is 0 Å². The van der Waals surface area contributed by atoms with Crippen LogP contribution in [0.4, 0.5) is 0 Å². The van der Waals surface area contributed by atoms with Gasteiger partial charge in [-0.3, -0.25) is 4.79 Å². The van der Waals surface area contributed by atoms with Crippen molar-refractivity contribution in [3.63, 3.8) is 0 Å². The van der Waals surface area contributed by atoms with Crippen molar-refractivity contribution in [3.05, 3.63) is 29.3 Å². The van der Waals surface area contributed by atoms with E-state index in [4.69, 9.17) is 4.74 Å². The maximum absolute atomic E-state index is 11.3. The van der Waals surface area contributed by atoms with Crippen LogP contribution in [0.5, 0.6) is 5.75 Å². The van der Waals surface area contributed by atoms with E-state index in [9.17, 15) is 4.79 Å². The summed E-state index contributed by atoms with van der Waals surface area (Å²) in [5, 5.41) is 2.55. The summed E-state index contributed by atoms with van der Waals surface area (Å²) in [5.74, 6) is 0.645. The number of carbonyl (C=O) groups is 1. The molecule has 1 N–H and O–H groups in total. The van der Waals surface area contributed by atoms with Crippen LogP contribution < -0.4 is 10.1 Å². The Hall–Kier alpha value is -1.51. The van der Waals surface area contributed by atoms with Crippen molar-refractivity contribution >= 4 is 5.91 Å².